The molecule has 8 heteroatoms. The summed E-state index contributed by atoms with van der Waals surface area (Å²) in [6, 6.07) is 3.42. The Bertz CT molecular complexity index is 783. The average Bonchev–Trinajstić information content (AvgIpc) is 2.78. The Hall–Kier alpha value is -2.15. The molecule has 0 spiro atoms. The second kappa shape index (κ2) is 11.1. The summed E-state index contributed by atoms with van der Waals surface area (Å²) in [6.07, 6.45) is 4.30. The molecule has 0 saturated carbocycles. The highest BCUT2D eigenvalue weighted by Crippen LogP contribution is 2.38. The van der Waals surface area contributed by atoms with Crippen LogP contribution in [0.25, 0.3) is 0 Å². The number of anilines is 1. The minimum absolute atomic E-state index is 0.0207. The number of hydrogen-bond acceptors (Lipinski definition) is 5. The van der Waals surface area contributed by atoms with Crippen molar-refractivity contribution in [2.24, 2.45) is 11.8 Å². The van der Waals surface area contributed by atoms with Crippen LogP contribution in [0, 0.1) is 11.8 Å². The summed E-state index contributed by atoms with van der Waals surface area (Å²) in [7, 11) is 3.10. The molecule has 1 aromatic rings. The Morgan fingerprint density at radius 3 is 1.88 bits per heavy atom. The molecule has 2 unspecified atom stereocenters. The molecule has 3 rings (SSSR count). The lowest BCUT2D eigenvalue weighted by Gasteiger charge is -2.36. The van der Waals surface area contributed by atoms with Crippen LogP contribution >= 0.6 is 11.6 Å². The molecule has 2 amide bonds. The van der Waals surface area contributed by atoms with Gasteiger partial charge in [0.25, 0.3) is 0 Å². The third kappa shape index (κ3) is 6.00. The van der Waals surface area contributed by atoms with Gasteiger partial charge in [-0.3, -0.25) is 9.59 Å². The van der Waals surface area contributed by atoms with Crippen LogP contribution in [0.15, 0.2) is 12.1 Å². The predicted molar refractivity (Wildman–Crippen MR) is 127 cm³/mol. The first-order valence-corrected chi connectivity index (χ1v) is 11.9. The van der Waals surface area contributed by atoms with Crippen LogP contribution in [0.2, 0.25) is 5.02 Å². The summed E-state index contributed by atoms with van der Waals surface area (Å²) in [4.78, 5) is 32.1. The van der Waals surface area contributed by atoms with Gasteiger partial charge in [-0.25, -0.2) is 0 Å². The van der Waals surface area contributed by atoms with Crippen LogP contribution in [-0.2, 0) is 9.59 Å². The first-order chi connectivity index (χ1) is 15.3. The van der Waals surface area contributed by atoms with Gasteiger partial charge in [-0.15, -0.1) is 0 Å². The highest BCUT2D eigenvalue weighted by molar-refractivity contribution is 6.32. The monoisotopic (exact) mass is 465 g/mol. The molecule has 0 aromatic heterocycles. The fraction of sp³-hybridized carbons (Fsp3) is 0.667. The summed E-state index contributed by atoms with van der Waals surface area (Å²) < 4.78 is 11.0. The number of nitrogens with zero attached hydrogens (tertiary/aromatic N) is 3. The zero-order chi connectivity index (χ0) is 23.3. The molecule has 1 aromatic carbocycles. The molecular weight excluding hydrogens is 430 g/mol. The molecule has 2 saturated heterocycles. The van der Waals surface area contributed by atoms with Crippen LogP contribution in [0.4, 0.5) is 5.69 Å². The van der Waals surface area contributed by atoms with Gasteiger partial charge in [-0.05, 0) is 37.5 Å². The summed E-state index contributed by atoms with van der Waals surface area (Å²) in [5, 5.41) is 0.417. The van der Waals surface area contributed by atoms with E-state index < -0.39 is 0 Å². The molecule has 0 aliphatic carbocycles. The van der Waals surface area contributed by atoms with Crippen molar-refractivity contribution in [3.05, 3.63) is 17.2 Å². The van der Waals surface area contributed by atoms with E-state index in [0.29, 0.717) is 34.0 Å². The lowest BCUT2D eigenvalue weighted by atomic mass is 10.00. The van der Waals surface area contributed by atoms with Crippen molar-refractivity contribution in [3.8, 4) is 11.5 Å². The molecule has 2 aliphatic rings. The van der Waals surface area contributed by atoms with Crippen LogP contribution in [-0.4, -0.2) is 75.1 Å². The first-order valence-electron chi connectivity index (χ1n) is 11.5. The van der Waals surface area contributed by atoms with Crippen molar-refractivity contribution >= 4 is 29.1 Å². The van der Waals surface area contributed by atoms with E-state index in [2.05, 4.69) is 13.8 Å². The van der Waals surface area contributed by atoms with Crippen molar-refractivity contribution in [1.82, 2.24) is 9.80 Å². The minimum atomic E-state index is 0.0207. The van der Waals surface area contributed by atoms with E-state index in [9.17, 15) is 9.59 Å². The van der Waals surface area contributed by atoms with Gasteiger partial charge in [-0.1, -0.05) is 25.4 Å². The lowest BCUT2D eigenvalue weighted by molar-refractivity contribution is -0.132. The van der Waals surface area contributed by atoms with E-state index >= 15 is 0 Å². The Kier molecular flexibility index (Phi) is 8.51. The van der Waals surface area contributed by atoms with Gasteiger partial charge >= 0.3 is 0 Å². The number of benzene rings is 1. The topological polar surface area (TPSA) is 62.3 Å². The van der Waals surface area contributed by atoms with Gasteiger partial charge in [0.05, 0.1) is 38.0 Å². The van der Waals surface area contributed by atoms with Crippen LogP contribution < -0.4 is 14.4 Å². The third-order valence-electron chi connectivity index (χ3n) is 6.47. The van der Waals surface area contributed by atoms with E-state index in [1.807, 2.05) is 9.80 Å². The van der Waals surface area contributed by atoms with Crippen LogP contribution in [0.1, 0.15) is 39.5 Å². The first kappa shape index (κ1) is 24.5. The van der Waals surface area contributed by atoms with Crippen molar-refractivity contribution in [1.29, 1.82) is 0 Å². The predicted octanol–water partition coefficient (Wildman–Crippen LogP) is 3.68. The van der Waals surface area contributed by atoms with Crippen molar-refractivity contribution in [2.45, 2.75) is 39.5 Å². The zero-order valence-electron chi connectivity index (χ0n) is 19.7. The summed E-state index contributed by atoms with van der Waals surface area (Å²) in [5.41, 5.74) is 0.630. The molecule has 0 N–H and O–H groups in total. The van der Waals surface area contributed by atoms with Gasteiger partial charge in [0.15, 0.2) is 0 Å². The van der Waals surface area contributed by atoms with Gasteiger partial charge < -0.3 is 24.2 Å². The number of likely N-dealkylation sites (tertiary alicyclic amines) is 2. The number of carbonyl (C=O) groups excluding carboxylic acids is 2. The van der Waals surface area contributed by atoms with Gasteiger partial charge in [0.1, 0.15) is 11.5 Å². The normalized spacial score (nSPS) is 21.3. The van der Waals surface area contributed by atoms with Crippen molar-refractivity contribution < 1.29 is 19.1 Å². The number of methoxy groups -OCH3 is 2. The van der Waals surface area contributed by atoms with E-state index in [1.165, 1.54) is 0 Å². The molecule has 2 heterocycles. The van der Waals surface area contributed by atoms with Crippen LogP contribution in [0.3, 0.4) is 0 Å². The van der Waals surface area contributed by atoms with Gasteiger partial charge in [-0.2, -0.15) is 0 Å². The quantitative estimate of drug-likeness (QED) is 0.614. The second-order valence-electron chi connectivity index (χ2n) is 9.19. The number of ether oxygens (including phenoxy) is 2. The van der Waals surface area contributed by atoms with E-state index in [0.717, 1.165) is 51.9 Å². The second-order valence-corrected chi connectivity index (χ2v) is 9.60. The minimum Gasteiger partial charge on any atom is -0.495 e. The van der Waals surface area contributed by atoms with E-state index in [4.69, 9.17) is 21.1 Å². The lowest BCUT2D eigenvalue weighted by Crippen LogP contribution is -2.49. The van der Waals surface area contributed by atoms with Crippen molar-refractivity contribution in [2.75, 3.05) is 58.4 Å². The smallest absolute Gasteiger partial charge is 0.242 e. The van der Waals surface area contributed by atoms with Crippen LogP contribution in [0.5, 0.6) is 11.5 Å². The van der Waals surface area contributed by atoms with Crippen molar-refractivity contribution in [3.63, 3.8) is 0 Å². The largest absolute Gasteiger partial charge is 0.495 e. The summed E-state index contributed by atoms with van der Waals surface area (Å²) >= 11 is 6.30. The molecule has 2 atom stereocenters. The highest BCUT2D eigenvalue weighted by Gasteiger charge is 2.28. The summed E-state index contributed by atoms with van der Waals surface area (Å²) in [6.45, 7) is 7.57. The fourth-order valence-corrected chi connectivity index (χ4v) is 4.91. The average molecular weight is 466 g/mol. The van der Waals surface area contributed by atoms with Gasteiger partial charge in [0, 0.05) is 38.3 Å². The Labute approximate surface area is 196 Å². The Balaban J connectivity index is 1.87. The molecule has 7 nitrogen and oxygen atoms in total. The number of piperidine rings is 2. The number of amides is 2. The maximum absolute atomic E-state index is 13.2. The SMILES string of the molecule is COc1cc(N(CC(=O)N2CCCC(C)C2)CC(=O)N2CCCC(C)C2)c(OC)cc1Cl. The maximum atomic E-state index is 13.2. The number of carbonyl (C=O) groups is 2. The molecule has 0 radical (unpaired) electrons. The maximum Gasteiger partial charge on any atom is 0.242 e. The Morgan fingerprint density at radius 2 is 1.44 bits per heavy atom. The molecule has 32 heavy (non-hydrogen) atoms. The number of halogens is 1. The zero-order valence-corrected chi connectivity index (χ0v) is 20.5. The molecular formula is C24H36ClN3O4. The molecule has 178 valence electrons. The summed E-state index contributed by atoms with van der Waals surface area (Å²) in [5.74, 6) is 2.01. The molecule has 2 fully saturated rings. The fourth-order valence-electron chi connectivity index (χ4n) is 4.68. The molecule has 2 aliphatic heterocycles. The van der Waals surface area contributed by atoms with E-state index in [-0.39, 0.29) is 24.9 Å². The standard InChI is InChI=1S/C24H36ClN3O4/c1-17-7-5-9-26(13-17)23(29)15-28(16-24(30)27-10-6-8-18(2)14-27)20-12-21(31-3)19(25)11-22(20)32-4/h11-12,17-18H,5-10,13-16H2,1-4H3. The Morgan fingerprint density at radius 1 is 0.938 bits per heavy atom. The molecule has 0 bridgehead atoms. The highest BCUT2D eigenvalue weighted by atomic mass is 35.5. The third-order valence-corrected chi connectivity index (χ3v) is 6.76. The number of rotatable bonds is 7. The van der Waals surface area contributed by atoms with Gasteiger partial charge in [0.2, 0.25) is 11.8 Å². The number of hydrogen-bond donors (Lipinski definition) is 0. The van der Waals surface area contributed by atoms with E-state index in [1.54, 1.807) is 31.3 Å².